The molecule has 0 heterocycles. The molecule has 0 unspecified atom stereocenters. The van der Waals surface area contributed by atoms with Crippen LogP contribution >= 0.6 is 15.9 Å². The minimum absolute atomic E-state index is 0.0992. The molecule has 0 spiro atoms. The van der Waals surface area contributed by atoms with Crippen molar-refractivity contribution in [2.75, 3.05) is 6.61 Å². The second-order valence-corrected chi connectivity index (χ2v) is 11.4. The van der Waals surface area contributed by atoms with Gasteiger partial charge in [0.2, 0.25) is 5.91 Å². The minimum atomic E-state index is -0.763. The van der Waals surface area contributed by atoms with E-state index in [1.54, 1.807) is 17.0 Å². The van der Waals surface area contributed by atoms with Crippen molar-refractivity contribution in [3.63, 3.8) is 0 Å². The van der Waals surface area contributed by atoms with Gasteiger partial charge in [-0.2, -0.15) is 0 Å². The number of carbonyl (C=O) groups is 2. The third kappa shape index (κ3) is 7.53. The van der Waals surface area contributed by atoms with Crippen molar-refractivity contribution in [1.29, 1.82) is 0 Å². The molecule has 0 radical (unpaired) electrons. The van der Waals surface area contributed by atoms with Crippen molar-refractivity contribution in [2.45, 2.75) is 57.2 Å². The van der Waals surface area contributed by atoms with E-state index in [-0.39, 0.29) is 36.8 Å². The van der Waals surface area contributed by atoms with Gasteiger partial charge in [0.05, 0.1) is 4.47 Å². The van der Waals surface area contributed by atoms with E-state index in [9.17, 15) is 14.0 Å². The molecule has 2 amide bonds. The van der Waals surface area contributed by atoms with Crippen molar-refractivity contribution in [1.82, 2.24) is 10.2 Å². The Bertz CT molecular complexity index is 1470. The van der Waals surface area contributed by atoms with Crippen molar-refractivity contribution < 1.29 is 18.7 Å². The van der Waals surface area contributed by atoms with Crippen LogP contribution in [0.4, 0.5) is 4.39 Å². The van der Waals surface area contributed by atoms with Crippen LogP contribution in [0.25, 0.3) is 10.8 Å². The lowest BCUT2D eigenvalue weighted by molar-refractivity contribution is -0.143. The van der Waals surface area contributed by atoms with Crippen LogP contribution in [-0.2, 0) is 22.6 Å². The highest BCUT2D eigenvalue weighted by molar-refractivity contribution is 9.10. The highest BCUT2D eigenvalue weighted by Gasteiger charge is 2.32. The molecular weight excluding hydrogens is 583 g/mol. The van der Waals surface area contributed by atoms with Crippen LogP contribution in [0.3, 0.4) is 0 Å². The second kappa shape index (κ2) is 13.8. The summed E-state index contributed by atoms with van der Waals surface area (Å²) in [4.78, 5) is 29.4. The summed E-state index contributed by atoms with van der Waals surface area (Å²) >= 11 is 3.63. The molecule has 0 aromatic heterocycles. The van der Waals surface area contributed by atoms with E-state index in [1.165, 1.54) is 18.6 Å². The first-order valence-electron chi connectivity index (χ1n) is 14.2. The molecule has 1 saturated carbocycles. The average molecular weight is 618 g/mol. The van der Waals surface area contributed by atoms with E-state index in [4.69, 9.17) is 4.74 Å². The summed E-state index contributed by atoms with van der Waals surface area (Å²) in [6.07, 6.45) is 5.58. The van der Waals surface area contributed by atoms with Crippen LogP contribution in [0.5, 0.6) is 5.75 Å². The highest BCUT2D eigenvalue weighted by atomic mass is 79.9. The zero-order chi connectivity index (χ0) is 28.6. The van der Waals surface area contributed by atoms with Crippen LogP contribution in [-0.4, -0.2) is 35.4 Å². The van der Waals surface area contributed by atoms with Gasteiger partial charge in [0, 0.05) is 19.0 Å². The molecular formula is C34H34BrFN2O3. The Kier molecular flexibility index (Phi) is 9.67. The maximum absolute atomic E-state index is 13.9. The summed E-state index contributed by atoms with van der Waals surface area (Å²) in [7, 11) is 0. The Morgan fingerprint density at radius 2 is 1.59 bits per heavy atom. The monoisotopic (exact) mass is 616 g/mol. The van der Waals surface area contributed by atoms with Gasteiger partial charge >= 0.3 is 0 Å². The summed E-state index contributed by atoms with van der Waals surface area (Å²) in [6.45, 7) is -0.100. The molecule has 1 aliphatic carbocycles. The average Bonchev–Trinajstić information content (AvgIpc) is 3.00. The Hall–Kier alpha value is -3.71. The molecule has 7 heteroatoms. The van der Waals surface area contributed by atoms with E-state index in [1.807, 2.05) is 66.7 Å². The summed E-state index contributed by atoms with van der Waals surface area (Å²) in [5, 5.41) is 5.27. The Labute approximate surface area is 248 Å². The summed E-state index contributed by atoms with van der Waals surface area (Å²) < 4.78 is 20.5. The predicted molar refractivity (Wildman–Crippen MR) is 163 cm³/mol. The molecule has 41 heavy (non-hydrogen) atoms. The summed E-state index contributed by atoms with van der Waals surface area (Å²) in [5.41, 5.74) is 1.68. The maximum atomic E-state index is 13.9. The molecule has 1 aliphatic rings. The number of hydrogen-bond acceptors (Lipinski definition) is 3. The molecule has 0 bridgehead atoms. The molecule has 0 aliphatic heterocycles. The van der Waals surface area contributed by atoms with Gasteiger partial charge in [0.25, 0.3) is 5.91 Å². The quantitative estimate of drug-likeness (QED) is 0.205. The second-order valence-electron chi connectivity index (χ2n) is 10.6. The molecule has 212 valence electrons. The highest BCUT2D eigenvalue weighted by Crippen LogP contribution is 2.33. The molecule has 4 aromatic rings. The van der Waals surface area contributed by atoms with Gasteiger partial charge in [-0.3, -0.25) is 9.59 Å². The molecule has 1 fully saturated rings. The van der Waals surface area contributed by atoms with Gasteiger partial charge in [-0.1, -0.05) is 92.1 Å². The number of amides is 2. The number of halogens is 2. The first-order valence-corrected chi connectivity index (χ1v) is 15.0. The number of rotatable bonds is 10. The number of benzene rings is 4. The summed E-state index contributed by atoms with van der Waals surface area (Å²) in [6, 6.07) is 26.8. The third-order valence-electron chi connectivity index (χ3n) is 7.67. The van der Waals surface area contributed by atoms with Gasteiger partial charge in [0.1, 0.15) is 17.6 Å². The van der Waals surface area contributed by atoms with Crippen molar-refractivity contribution in [3.8, 4) is 5.75 Å². The van der Waals surface area contributed by atoms with E-state index < -0.39 is 6.04 Å². The van der Waals surface area contributed by atoms with Gasteiger partial charge in [0.15, 0.2) is 6.61 Å². The van der Waals surface area contributed by atoms with Crippen LogP contribution in [0.2, 0.25) is 0 Å². The minimum Gasteiger partial charge on any atom is -0.483 e. The van der Waals surface area contributed by atoms with Crippen LogP contribution in [0.15, 0.2) is 95.5 Å². The lowest BCUT2D eigenvalue weighted by Gasteiger charge is -2.33. The lowest BCUT2D eigenvalue weighted by Crippen LogP contribution is -2.53. The zero-order valence-corrected chi connectivity index (χ0v) is 24.5. The van der Waals surface area contributed by atoms with Gasteiger partial charge in [-0.05, 0) is 68.9 Å². The molecule has 0 saturated heterocycles. The molecule has 1 N–H and O–H groups in total. The fourth-order valence-corrected chi connectivity index (χ4v) is 6.04. The van der Waals surface area contributed by atoms with E-state index >= 15 is 0 Å². The number of ether oxygens (including phenoxy) is 1. The van der Waals surface area contributed by atoms with Crippen molar-refractivity contribution >= 4 is 38.5 Å². The summed E-state index contributed by atoms with van der Waals surface area (Å²) in [5.74, 6) is -0.311. The molecule has 1 atom stereocenters. The smallest absolute Gasteiger partial charge is 0.261 e. The van der Waals surface area contributed by atoms with E-state index in [0.29, 0.717) is 12.2 Å². The lowest BCUT2D eigenvalue weighted by atomic mass is 9.94. The number of nitrogens with one attached hydrogen (secondary N) is 1. The Morgan fingerprint density at radius 1 is 0.878 bits per heavy atom. The standard InChI is InChI=1S/C34H34BrFN2O3/c35-33-29-14-8-7-11-26(29)17-20-31(33)41-23-32(39)38(22-25-15-18-27(36)19-16-25)30(21-24-9-3-1-4-10-24)34(40)37-28-12-5-2-6-13-28/h1,3-4,7-11,14-20,28,30H,2,5-6,12-13,21-23H2,(H,37,40)/t30-/m0/s1. The normalized spacial score (nSPS) is 14.4. The number of carbonyl (C=O) groups excluding carboxylic acids is 2. The number of nitrogens with zero attached hydrogens (tertiary/aromatic N) is 1. The first kappa shape index (κ1) is 28.8. The van der Waals surface area contributed by atoms with Crippen LogP contribution in [0.1, 0.15) is 43.2 Å². The fraction of sp³-hybridized carbons (Fsp3) is 0.294. The topological polar surface area (TPSA) is 58.6 Å². The fourth-order valence-electron chi connectivity index (χ4n) is 5.43. The third-order valence-corrected chi connectivity index (χ3v) is 8.49. The van der Waals surface area contributed by atoms with Gasteiger partial charge in [-0.25, -0.2) is 4.39 Å². The number of fused-ring (bicyclic) bond motifs is 1. The van der Waals surface area contributed by atoms with Crippen LogP contribution < -0.4 is 10.1 Å². The SMILES string of the molecule is O=C(NC1CCCCC1)[C@H](Cc1ccccc1)N(Cc1ccc(F)cc1)C(=O)COc1ccc2ccccc2c1Br. The van der Waals surface area contributed by atoms with Gasteiger partial charge < -0.3 is 15.0 Å². The molecule has 5 rings (SSSR count). The predicted octanol–water partition coefficient (Wildman–Crippen LogP) is 7.21. The van der Waals surface area contributed by atoms with Crippen molar-refractivity contribution in [3.05, 3.63) is 112 Å². The molecule has 4 aromatic carbocycles. The van der Waals surface area contributed by atoms with E-state index in [2.05, 4.69) is 21.2 Å². The Balaban J connectivity index is 1.42. The largest absolute Gasteiger partial charge is 0.483 e. The number of hydrogen-bond donors (Lipinski definition) is 1. The van der Waals surface area contributed by atoms with Crippen LogP contribution in [0, 0.1) is 5.82 Å². The van der Waals surface area contributed by atoms with E-state index in [0.717, 1.165) is 52.1 Å². The Morgan fingerprint density at radius 3 is 2.34 bits per heavy atom. The molecule has 5 nitrogen and oxygen atoms in total. The maximum Gasteiger partial charge on any atom is 0.261 e. The van der Waals surface area contributed by atoms with Crippen molar-refractivity contribution in [2.24, 2.45) is 0 Å². The first-order chi connectivity index (χ1) is 20.0. The zero-order valence-electron chi connectivity index (χ0n) is 22.9. The van der Waals surface area contributed by atoms with Gasteiger partial charge in [-0.15, -0.1) is 0 Å².